The molecular formula is C11H8FNO3S. The molecule has 0 aliphatic rings. The summed E-state index contributed by atoms with van der Waals surface area (Å²) in [6, 6.07) is 3.26. The number of carbonyl (C=O) groups is 1. The quantitative estimate of drug-likeness (QED) is 0.913. The molecule has 17 heavy (non-hydrogen) atoms. The Morgan fingerprint density at radius 3 is 2.88 bits per heavy atom. The molecule has 1 aromatic heterocycles. The molecule has 0 spiro atoms. The number of carboxylic acid groups (broad SMARTS) is 1. The van der Waals surface area contributed by atoms with E-state index in [1.54, 1.807) is 12.3 Å². The number of halogens is 1. The normalized spacial score (nSPS) is 10.2. The zero-order valence-corrected chi connectivity index (χ0v) is 9.62. The minimum Gasteiger partial charge on any atom is -0.478 e. The first kappa shape index (κ1) is 11.5. The lowest BCUT2D eigenvalue weighted by Crippen LogP contribution is -2.00. The van der Waals surface area contributed by atoms with Crippen LogP contribution < -0.4 is 4.74 Å². The van der Waals surface area contributed by atoms with Crippen molar-refractivity contribution in [2.24, 2.45) is 0 Å². The third kappa shape index (κ3) is 2.59. The second-order valence-corrected chi connectivity index (χ2v) is 4.12. The Balaban J connectivity index is 2.37. The van der Waals surface area contributed by atoms with Crippen LogP contribution in [0.3, 0.4) is 0 Å². The monoisotopic (exact) mass is 253 g/mol. The molecule has 1 aromatic carbocycles. The fourth-order valence-electron chi connectivity index (χ4n) is 1.23. The van der Waals surface area contributed by atoms with Crippen LogP contribution in [0.4, 0.5) is 4.39 Å². The number of aromatic nitrogens is 1. The molecule has 0 unspecified atom stereocenters. The molecule has 2 aromatic rings. The smallest absolute Gasteiger partial charge is 0.339 e. The summed E-state index contributed by atoms with van der Waals surface area (Å²) in [5.74, 6) is -1.78. The van der Waals surface area contributed by atoms with Crippen LogP contribution in [0.25, 0.3) is 0 Å². The second-order valence-electron chi connectivity index (χ2n) is 3.30. The maximum atomic E-state index is 13.0. The topological polar surface area (TPSA) is 59.4 Å². The van der Waals surface area contributed by atoms with Gasteiger partial charge in [0.25, 0.3) is 5.19 Å². The number of aromatic carboxylic acids is 1. The maximum absolute atomic E-state index is 13.0. The lowest BCUT2D eigenvalue weighted by molar-refractivity contribution is 0.0694. The van der Waals surface area contributed by atoms with Crippen molar-refractivity contribution >= 4 is 17.3 Å². The summed E-state index contributed by atoms with van der Waals surface area (Å²) in [5, 5.41) is 11.0. The van der Waals surface area contributed by atoms with Crippen LogP contribution in [-0.4, -0.2) is 16.1 Å². The van der Waals surface area contributed by atoms with E-state index in [9.17, 15) is 9.18 Å². The zero-order chi connectivity index (χ0) is 12.4. The highest BCUT2D eigenvalue weighted by molar-refractivity contribution is 7.11. The highest BCUT2D eigenvalue weighted by Crippen LogP contribution is 2.28. The SMILES string of the molecule is Cc1csc(Oc2cc(F)ccc2C(=O)O)n1. The van der Waals surface area contributed by atoms with E-state index in [1.165, 1.54) is 11.3 Å². The van der Waals surface area contributed by atoms with Gasteiger partial charge in [-0.1, -0.05) is 11.3 Å². The molecule has 2 rings (SSSR count). The second kappa shape index (κ2) is 4.50. The van der Waals surface area contributed by atoms with Gasteiger partial charge in [-0.3, -0.25) is 0 Å². The van der Waals surface area contributed by atoms with Gasteiger partial charge in [0.05, 0.1) is 5.69 Å². The zero-order valence-electron chi connectivity index (χ0n) is 8.81. The van der Waals surface area contributed by atoms with Gasteiger partial charge in [-0.05, 0) is 19.1 Å². The molecule has 0 bridgehead atoms. The van der Waals surface area contributed by atoms with Gasteiger partial charge in [-0.25, -0.2) is 14.2 Å². The molecule has 0 saturated heterocycles. The number of carboxylic acids is 1. The number of thiazole rings is 1. The first-order valence-electron chi connectivity index (χ1n) is 4.69. The van der Waals surface area contributed by atoms with Gasteiger partial charge in [-0.2, -0.15) is 0 Å². The van der Waals surface area contributed by atoms with Crippen molar-refractivity contribution < 1.29 is 19.0 Å². The van der Waals surface area contributed by atoms with Crippen molar-refractivity contribution in [2.45, 2.75) is 6.92 Å². The lowest BCUT2D eigenvalue weighted by Gasteiger charge is -2.05. The van der Waals surface area contributed by atoms with Gasteiger partial charge in [0.1, 0.15) is 17.1 Å². The summed E-state index contributed by atoms with van der Waals surface area (Å²) in [4.78, 5) is 14.9. The Hall–Kier alpha value is -1.95. The van der Waals surface area contributed by atoms with Crippen LogP contribution in [0.15, 0.2) is 23.6 Å². The highest BCUT2D eigenvalue weighted by Gasteiger charge is 2.14. The first-order valence-corrected chi connectivity index (χ1v) is 5.57. The first-order chi connectivity index (χ1) is 8.06. The Morgan fingerprint density at radius 1 is 1.53 bits per heavy atom. The third-order valence-electron chi connectivity index (χ3n) is 1.97. The number of hydrogen-bond acceptors (Lipinski definition) is 4. The largest absolute Gasteiger partial charge is 0.478 e. The van der Waals surface area contributed by atoms with Gasteiger partial charge in [0.2, 0.25) is 0 Å². The average molecular weight is 253 g/mol. The Morgan fingerprint density at radius 2 is 2.29 bits per heavy atom. The van der Waals surface area contributed by atoms with Gasteiger partial charge in [-0.15, -0.1) is 0 Å². The number of aryl methyl sites for hydroxylation is 1. The van der Waals surface area contributed by atoms with E-state index in [2.05, 4.69) is 4.98 Å². The van der Waals surface area contributed by atoms with E-state index < -0.39 is 11.8 Å². The lowest BCUT2D eigenvalue weighted by atomic mass is 10.2. The molecule has 0 aliphatic carbocycles. The molecule has 0 aliphatic heterocycles. The standard InChI is InChI=1S/C11H8FNO3S/c1-6-5-17-11(13-6)16-9-4-7(12)2-3-8(9)10(14)15/h2-5H,1H3,(H,14,15). The van der Waals surface area contributed by atoms with Crippen LogP contribution in [0.5, 0.6) is 10.9 Å². The third-order valence-corrected chi connectivity index (χ3v) is 2.80. The molecule has 6 heteroatoms. The summed E-state index contributed by atoms with van der Waals surface area (Å²) < 4.78 is 18.3. The van der Waals surface area contributed by atoms with Crippen molar-refractivity contribution in [1.29, 1.82) is 0 Å². The molecule has 4 nitrogen and oxygen atoms in total. The van der Waals surface area contributed by atoms with E-state index in [0.29, 0.717) is 0 Å². The molecule has 88 valence electrons. The summed E-state index contributed by atoms with van der Waals surface area (Å²) in [6.45, 7) is 1.78. The Kier molecular flexibility index (Phi) is 3.06. The number of rotatable bonds is 3. The van der Waals surface area contributed by atoms with Gasteiger partial charge in [0, 0.05) is 11.4 Å². The molecule has 1 N–H and O–H groups in total. The van der Waals surface area contributed by atoms with Crippen molar-refractivity contribution in [1.82, 2.24) is 4.98 Å². The van der Waals surface area contributed by atoms with E-state index in [1.807, 2.05) is 0 Å². The predicted octanol–water partition coefficient (Wildman–Crippen LogP) is 3.08. The summed E-state index contributed by atoms with van der Waals surface area (Å²) in [6.07, 6.45) is 0. The summed E-state index contributed by atoms with van der Waals surface area (Å²) in [7, 11) is 0. The van der Waals surface area contributed by atoms with Crippen LogP contribution in [0, 0.1) is 12.7 Å². The summed E-state index contributed by atoms with van der Waals surface area (Å²) in [5.41, 5.74) is 0.664. The van der Waals surface area contributed by atoms with E-state index in [0.717, 1.165) is 23.9 Å². The number of hydrogen-bond donors (Lipinski definition) is 1. The van der Waals surface area contributed by atoms with E-state index in [-0.39, 0.29) is 16.5 Å². The molecule has 0 saturated carbocycles. The van der Waals surface area contributed by atoms with Crippen LogP contribution in [0.2, 0.25) is 0 Å². The Bertz CT molecular complexity index is 568. The molecule has 0 atom stereocenters. The maximum Gasteiger partial charge on any atom is 0.339 e. The molecule has 0 fully saturated rings. The van der Waals surface area contributed by atoms with Gasteiger partial charge in [0.15, 0.2) is 0 Å². The highest BCUT2D eigenvalue weighted by atomic mass is 32.1. The molecule has 0 radical (unpaired) electrons. The van der Waals surface area contributed by atoms with Crippen LogP contribution in [-0.2, 0) is 0 Å². The predicted molar refractivity (Wildman–Crippen MR) is 60.3 cm³/mol. The molecular weight excluding hydrogens is 245 g/mol. The van der Waals surface area contributed by atoms with E-state index in [4.69, 9.17) is 9.84 Å². The fourth-order valence-corrected chi connectivity index (χ4v) is 1.89. The molecule has 1 heterocycles. The van der Waals surface area contributed by atoms with Crippen molar-refractivity contribution in [2.75, 3.05) is 0 Å². The van der Waals surface area contributed by atoms with Gasteiger partial charge >= 0.3 is 5.97 Å². The number of benzene rings is 1. The number of nitrogens with zero attached hydrogens (tertiary/aromatic N) is 1. The average Bonchev–Trinajstić information content (AvgIpc) is 2.63. The Labute approximate surface area is 100 Å². The summed E-state index contributed by atoms with van der Waals surface area (Å²) >= 11 is 1.22. The van der Waals surface area contributed by atoms with Gasteiger partial charge < -0.3 is 9.84 Å². The minimum atomic E-state index is -1.17. The van der Waals surface area contributed by atoms with Crippen molar-refractivity contribution in [3.63, 3.8) is 0 Å². The van der Waals surface area contributed by atoms with Crippen molar-refractivity contribution in [3.05, 3.63) is 40.7 Å². The van der Waals surface area contributed by atoms with Crippen LogP contribution >= 0.6 is 11.3 Å². The van der Waals surface area contributed by atoms with E-state index >= 15 is 0 Å². The minimum absolute atomic E-state index is 0.0492. The van der Waals surface area contributed by atoms with Crippen molar-refractivity contribution in [3.8, 4) is 10.9 Å². The number of ether oxygens (including phenoxy) is 1. The molecule has 0 amide bonds. The van der Waals surface area contributed by atoms with Crippen LogP contribution in [0.1, 0.15) is 16.1 Å². The fraction of sp³-hybridized carbons (Fsp3) is 0.0909.